The average molecular weight is 429 g/mol. The molecular formula is C26H32N6. The quantitative estimate of drug-likeness (QED) is 0.439. The Morgan fingerprint density at radius 2 is 1.88 bits per heavy atom. The molecule has 0 aliphatic carbocycles. The van der Waals surface area contributed by atoms with E-state index < -0.39 is 0 Å². The first-order chi connectivity index (χ1) is 15.2. The highest BCUT2D eigenvalue weighted by atomic mass is 15.3. The van der Waals surface area contributed by atoms with E-state index in [4.69, 9.17) is 5.10 Å². The molecule has 2 N–H and O–H groups in total. The van der Waals surface area contributed by atoms with Crippen LogP contribution in [0.2, 0.25) is 0 Å². The Morgan fingerprint density at radius 1 is 1.06 bits per heavy atom. The van der Waals surface area contributed by atoms with Crippen molar-refractivity contribution in [3.8, 4) is 22.4 Å². The van der Waals surface area contributed by atoms with Crippen molar-refractivity contribution in [3.63, 3.8) is 0 Å². The molecule has 1 aliphatic heterocycles. The van der Waals surface area contributed by atoms with Crippen molar-refractivity contribution in [2.75, 3.05) is 17.2 Å². The van der Waals surface area contributed by atoms with Crippen molar-refractivity contribution < 1.29 is 0 Å². The largest absolute Gasteiger partial charge is 0.383 e. The van der Waals surface area contributed by atoms with Crippen LogP contribution in [0, 0.1) is 0 Å². The van der Waals surface area contributed by atoms with Crippen LogP contribution in [0.25, 0.3) is 33.3 Å². The molecular weight excluding hydrogens is 396 g/mol. The zero-order valence-electron chi connectivity index (χ0n) is 19.8. The fraction of sp³-hybridized carbons (Fsp3) is 0.385. The summed E-state index contributed by atoms with van der Waals surface area (Å²) in [4.78, 5) is 0. The summed E-state index contributed by atoms with van der Waals surface area (Å²) in [6, 6.07) is 11.8. The molecule has 4 aromatic rings. The Morgan fingerprint density at radius 3 is 2.59 bits per heavy atom. The Hall–Kier alpha value is -3.28. The van der Waals surface area contributed by atoms with Crippen LogP contribution < -0.4 is 10.6 Å². The summed E-state index contributed by atoms with van der Waals surface area (Å²) >= 11 is 0. The predicted molar refractivity (Wildman–Crippen MR) is 133 cm³/mol. The van der Waals surface area contributed by atoms with Crippen LogP contribution in [0.15, 0.2) is 42.7 Å². The van der Waals surface area contributed by atoms with Gasteiger partial charge in [0.05, 0.1) is 23.1 Å². The lowest BCUT2D eigenvalue weighted by Gasteiger charge is -2.25. The molecule has 0 bridgehead atoms. The van der Waals surface area contributed by atoms with E-state index in [9.17, 15) is 0 Å². The number of hydrogen-bond acceptors (Lipinski definition) is 4. The van der Waals surface area contributed by atoms with Gasteiger partial charge in [-0.3, -0.25) is 9.36 Å². The van der Waals surface area contributed by atoms with Crippen molar-refractivity contribution in [3.05, 3.63) is 48.3 Å². The summed E-state index contributed by atoms with van der Waals surface area (Å²) in [5.74, 6) is 0. The number of aryl methyl sites for hydroxylation is 2. The Kier molecular flexibility index (Phi) is 4.77. The highest BCUT2D eigenvalue weighted by Gasteiger charge is 2.23. The van der Waals surface area contributed by atoms with E-state index in [-0.39, 0.29) is 5.41 Å². The molecule has 0 spiro atoms. The summed E-state index contributed by atoms with van der Waals surface area (Å²) in [7, 11) is 3.94. The molecule has 0 fully saturated rings. The van der Waals surface area contributed by atoms with E-state index in [0.717, 1.165) is 35.1 Å². The van der Waals surface area contributed by atoms with Crippen molar-refractivity contribution in [2.24, 2.45) is 14.1 Å². The van der Waals surface area contributed by atoms with Crippen LogP contribution in [-0.4, -0.2) is 32.1 Å². The monoisotopic (exact) mass is 428 g/mol. The van der Waals surface area contributed by atoms with Gasteiger partial charge in [0.25, 0.3) is 0 Å². The zero-order chi connectivity index (χ0) is 22.6. The molecule has 6 heteroatoms. The molecule has 1 aliphatic rings. The lowest BCUT2D eigenvalue weighted by Crippen LogP contribution is -2.16. The van der Waals surface area contributed by atoms with Gasteiger partial charge < -0.3 is 10.6 Å². The molecule has 166 valence electrons. The van der Waals surface area contributed by atoms with Crippen LogP contribution in [0.3, 0.4) is 0 Å². The fourth-order valence-corrected chi connectivity index (χ4v) is 4.53. The highest BCUT2D eigenvalue weighted by Crippen LogP contribution is 2.42. The Bertz CT molecular complexity index is 1300. The summed E-state index contributed by atoms with van der Waals surface area (Å²) < 4.78 is 3.78. The first-order valence-corrected chi connectivity index (χ1v) is 11.4. The van der Waals surface area contributed by atoms with Gasteiger partial charge in [0.1, 0.15) is 5.69 Å². The molecule has 6 nitrogen and oxygen atoms in total. The van der Waals surface area contributed by atoms with Gasteiger partial charge in [0.15, 0.2) is 0 Å². The molecule has 0 saturated heterocycles. The van der Waals surface area contributed by atoms with Crippen molar-refractivity contribution in [2.45, 2.75) is 45.6 Å². The number of benzene rings is 2. The minimum atomic E-state index is 0.0582. The third-order valence-corrected chi connectivity index (χ3v) is 6.43. The normalized spacial score (nSPS) is 16.4. The van der Waals surface area contributed by atoms with E-state index >= 15 is 0 Å². The zero-order valence-corrected chi connectivity index (χ0v) is 19.8. The lowest BCUT2D eigenvalue weighted by atomic mass is 9.84. The van der Waals surface area contributed by atoms with Crippen LogP contribution >= 0.6 is 0 Å². The molecule has 0 saturated carbocycles. The number of nitrogens with zero attached hydrogens (tertiary/aromatic N) is 4. The Balaban J connectivity index is 1.74. The number of nitrogens with one attached hydrogen (secondary N) is 2. The van der Waals surface area contributed by atoms with Crippen molar-refractivity contribution in [1.82, 2.24) is 19.6 Å². The first-order valence-electron chi connectivity index (χ1n) is 11.4. The molecule has 5 rings (SSSR count). The van der Waals surface area contributed by atoms with Gasteiger partial charge in [-0.1, -0.05) is 26.8 Å². The van der Waals surface area contributed by atoms with Crippen LogP contribution in [0.4, 0.5) is 11.4 Å². The predicted octanol–water partition coefficient (Wildman–Crippen LogP) is 5.55. The standard InChI is InChI=1S/C26H32N6/c1-16-9-10-27-22-13-19(26(2,3)4)12-20(25(22)29-16)17-7-8-23-21(11-17)24(30-32(23)6)18-14-28-31(5)15-18/h7-8,11-16,27,29H,9-10H2,1-6H3. The molecule has 0 radical (unpaired) electrons. The topological polar surface area (TPSA) is 59.7 Å². The number of hydrogen-bond donors (Lipinski definition) is 2. The van der Waals surface area contributed by atoms with Gasteiger partial charge in [-0.15, -0.1) is 0 Å². The van der Waals surface area contributed by atoms with E-state index in [1.54, 1.807) is 0 Å². The van der Waals surface area contributed by atoms with E-state index in [1.807, 2.05) is 35.9 Å². The number of fused-ring (bicyclic) bond motifs is 2. The summed E-state index contributed by atoms with van der Waals surface area (Å²) in [6.45, 7) is 10.0. The fourth-order valence-electron chi connectivity index (χ4n) is 4.53. The van der Waals surface area contributed by atoms with Crippen molar-refractivity contribution >= 4 is 22.3 Å². The maximum Gasteiger partial charge on any atom is 0.103 e. The van der Waals surface area contributed by atoms with Gasteiger partial charge in [-0.2, -0.15) is 10.2 Å². The second-order valence-corrected chi connectivity index (χ2v) is 10.1. The minimum absolute atomic E-state index is 0.0582. The average Bonchev–Trinajstić information content (AvgIpc) is 3.24. The molecule has 2 aromatic heterocycles. The smallest absolute Gasteiger partial charge is 0.103 e. The second kappa shape index (κ2) is 7.40. The maximum absolute atomic E-state index is 4.81. The number of aromatic nitrogens is 4. The lowest BCUT2D eigenvalue weighted by molar-refractivity contribution is 0.591. The highest BCUT2D eigenvalue weighted by molar-refractivity contribution is 5.98. The van der Waals surface area contributed by atoms with E-state index in [1.165, 1.54) is 28.1 Å². The summed E-state index contributed by atoms with van der Waals surface area (Å²) in [6.07, 6.45) is 4.99. The second-order valence-electron chi connectivity index (χ2n) is 10.1. The van der Waals surface area contributed by atoms with E-state index in [0.29, 0.717) is 6.04 Å². The molecule has 1 atom stereocenters. The first kappa shape index (κ1) is 20.6. The van der Waals surface area contributed by atoms with Gasteiger partial charge in [0.2, 0.25) is 0 Å². The Labute approximate surface area is 189 Å². The molecule has 32 heavy (non-hydrogen) atoms. The molecule has 1 unspecified atom stereocenters. The van der Waals surface area contributed by atoms with Crippen LogP contribution in [0.5, 0.6) is 0 Å². The summed E-state index contributed by atoms with van der Waals surface area (Å²) in [5, 5.41) is 17.8. The molecule has 0 amide bonds. The van der Waals surface area contributed by atoms with Crippen LogP contribution in [0.1, 0.15) is 39.7 Å². The third kappa shape index (κ3) is 3.53. The van der Waals surface area contributed by atoms with Gasteiger partial charge >= 0.3 is 0 Å². The summed E-state index contributed by atoms with van der Waals surface area (Å²) in [5.41, 5.74) is 9.31. The molecule has 2 aromatic carbocycles. The van der Waals surface area contributed by atoms with Crippen LogP contribution in [-0.2, 0) is 19.5 Å². The van der Waals surface area contributed by atoms with Gasteiger partial charge in [0, 0.05) is 49.4 Å². The number of rotatable bonds is 2. The van der Waals surface area contributed by atoms with Gasteiger partial charge in [-0.05, 0) is 54.2 Å². The minimum Gasteiger partial charge on any atom is -0.383 e. The van der Waals surface area contributed by atoms with E-state index in [2.05, 4.69) is 73.8 Å². The van der Waals surface area contributed by atoms with Crippen molar-refractivity contribution in [1.29, 1.82) is 0 Å². The SMILES string of the molecule is CC1CCNc2cc(C(C)(C)C)cc(-c3ccc4c(c3)c(-c3cnn(C)c3)nn4C)c2N1. The maximum atomic E-state index is 4.81. The number of anilines is 2. The van der Waals surface area contributed by atoms with Gasteiger partial charge in [-0.25, -0.2) is 0 Å². The third-order valence-electron chi connectivity index (χ3n) is 6.43. The molecule has 3 heterocycles.